The molecule has 0 spiro atoms. The Balaban J connectivity index is 1.57. The molecule has 3 amide bonds. The zero-order valence-electron chi connectivity index (χ0n) is 22.7. The molecule has 0 saturated carbocycles. The summed E-state index contributed by atoms with van der Waals surface area (Å²) in [4.78, 5) is 44.9. The third-order valence-electron chi connectivity index (χ3n) is 7.17. The minimum absolute atomic E-state index is 0.0279. The van der Waals surface area contributed by atoms with Crippen molar-refractivity contribution in [3.05, 3.63) is 76.5 Å². The van der Waals surface area contributed by atoms with Crippen LogP contribution < -0.4 is 10.1 Å². The summed E-state index contributed by atoms with van der Waals surface area (Å²) >= 11 is 0. The lowest BCUT2D eigenvalue weighted by Gasteiger charge is -2.42. The fourth-order valence-electron chi connectivity index (χ4n) is 5.00. The highest BCUT2D eigenvalue weighted by atomic mass is 16.5. The predicted octanol–water partition coefficient (Wildman–Crippen LogP) is 3.36. The SMILES string of the molecule is CCOC(=O)C1=C(CN2CCN(C(=O)c3ccc(OC)cc3)[C@@H](C)C2)N(C)C(=O)N[C@H]1c1ccc(C)cc1. The minimum atomic E-state index is -0.608. The van der Waals surface area contributed by atoms with Crippen molar-refractivity contribution in [2.24, 2.45) is 0 Å². The summed E-state index contributed by atoms with van der Waals surface area (Å²) < 4.78 is 10.6. The van der Waals surface area contributed by atoms with Gasteiger partial charge in [0, 0.05) is 50.5 Å². The van der Waals surface area contributed by atoms with Crippen LogP contribution in [0.1, 0.15) is 41.4 Å². The van der Waals surface area contributed by atoms with Gasteiger partial charge in [0.2, 0.25) is 0 Å². The largest absolute Gasteiger partial charge is 0.497 e. The van der Waals surface area contributed by atoms with E-state index in [9.17, 15) is 14.4 Å². The van der Waals surface area contributed by atoms with Crippen molar-refractivity contribution in [2.45, 2.75) is 32.9 Å². The van der Waals surface area contributed by atoms with Crippen LogP contribution in [0, 0.1) is 6.92 Å². The molecule has 2 atom stereocenters. The van der Waals surface area contributed by atoms with Crippen LogP contribution in [0.5, 0.6) is 5.75 Å². The lowest BCUT2D eigenvalue weighted by atomic mass is 9.93. The number of methoxy groups -OCH3 is 1. The average molecular weight is 521 g/mol. The second kappa shape index (κ2) is 11.7. The van der Waals surface area contributed by atoms with E-state index >= 15 is 0 Å². The Morgan fingerprint density at radius 2 is 1.74 bits per heavy atom. The maximum absolute atomic E-state index is 13.2. The molecule has 2 aliphatic heterocycles. The van der Waals surface area contributed by atoms with Gasteiger partial charge in [-0.1, -0.05) is 29.8 Å². The number of carbonyl (C=O) groups is 3. The molecule has 2 aliphatic rings. The Labute approximate surface area is 224 Å². The molecule has 1 N–H and O–H groups in total. The molecule has 202 valence electrons. The number of piperazine rings is 1. The number of esters is 1. The summed E-state index contributed by atoms with van der Waals surface area (Å²) in [5, 5.41) is 2.96. The Bertz CT molecular complexity index is 1210. The number of hydrogen-bond acceptors (Lipinski definition) is 6. The summed E-state index contributed by atoms with van der Waals surface area (Å²) in [6.07, 6.45) is 0. The van der Waals surface area contributed by atoms with E-state index in [-0.39, 0.29) is 24.6 Å². The highest BCUT2D eigenvalue weighted by Crippen LogP contribution is 2.32. The molecule has 4 rings (SSSR count). The number of nitrogens with one attached hydrogen (secondary N) is 1. The van der Waals surface area contributed by atoms with Crippen LogP contribution in [0.15, 0.2) is 59.8 Å². The summed E-state index contributed by atoms with van der Waals surface area (Å²) in [6.45, 7) is 8.14. The van der Waals surface area contributed by atoms with E-state index in [0.717, 1.165) is 11.1 Å². The monoisotopic (exact) mass is 520 g/mol. The van der Waals surface area contributed by atoms with Crippen molar-refractivity contribution < 1.29 is 23.9 Å². The van der Waals surface area contributed by atoms with Crippen LogP contribution in [0.25, 0.3) is 0 Å². The van der Waals surface area contributed by atoms with Crippen molar-refractivity contribution in [3.63, 3.8) is 0 Å². The van der Waals surface area contributed by atoms with Gasteiger partial charge in [0.15, 0.2) is 0 Å². The van der Waals surface area contributed by atoms with Gasteiger partial charge in [-0.3, -0.25) is 14.6 Å². The van der Waals surface area contributed by atoms with Crippen LogP contribution >= 0.6 is 0 Å². The van der Waals surface area contributed by atoms with Crippen LogP contribution in [-0.2, 0) is 9.53 Å². The number of likely N-dealkylation sites (N-methyl/N-ethyl adjacent to an activating group) is 1. The lowest BCUT2D eigenvalue weighted by molar-refractivity contribution is -0.139. The number of carbonyl (C=O) groups excluding carboxylic acids is 3. The molecule has 2 aromatic carbocycles. The van der Waals surface area contributed by atoms with E-state index in [4.69, 9.17) is 9.47 Å². The first-order valence-corrected chi connectivity index (χ1v) is 12.9. The molecule has 1 fully saturated rings. The number of urea groups is 1. The van der Waals surface area contributed by atoms with Crippen LogP contribution in [-0.4, -0.2) is 85.6 Å². The smallest absolute Gasteiger partial charge is 0.338 e. The summed E-state index contributed by atoms with van der Waals surface area (Å²) in [5.41, 5.74) is 3.57. The first-order chi connectivity index (χ1) is 18.2. The van der Waals surface area contributed by atoms with Gasteiger partial charge in [-0.2, -0.15) is 0 Å². The van der Waals surface area contributed by atoms with E-state index in [1.807, 2.05) is 43.0 Å². The normalized spacial score (nSPS) is 20.3. The van der Waals surface area contributed by atoms with Crippen molar-refractivity contribution in [1.29, 1.82) is 0 Å². The molecule has 2 heterocycles. The second-order valence-electron chi connectivity index (χ2n) is 9.74. The molecule has 0 unspecified atom stereocenters. The molecule has 1 saturated heterocycles. The Kier molecular flexibility index (Phi) is 8.36. The third kappa shape index (κ3) is 5.67. The van der Waals surface area contributed by atoms with Gasteiger partial charge in [-0.15, -0.1) is 0 Å². The number of aryl methyl sites for hydroxylation is 1. The number of amides is 3. The number of benzene rings is 2. The summed E-state index contributed by atoms with van der Waals surface area (Å²) in [6, 6.07) is 13.9. The molecule has 0 bridgehead atoms. The Morgan fingerprint density at radius 3 is 2.34 bits per heavy atom. The van der Waals surface area contributed by atoms with Gasteiger partial charge in [-0.25, -0.2) is 9.59 Å². The van der Waals surface area contributed by atoms with Gasteiger partial charge < -0.3 is 19.7 Å². The quantitative estimate of drug-likeness (QED) is 0.563. The van der Waals surface area contributed by atoms with Crippen LogP contribution in [0.4, 0.5) is 4.79 Å². The molecule has 9 nitrogen and oxygen atoms in total. The number of nitrogens with zero attached hydrogens (tertiary/aromatic N) is 3. The maximum atomic E-state index is 13.2. The highest BCUT2D eigenvalue weighted by molar-refractivity contribution is 5.95. The molecular weight excluding hydrogens is 484 g/mol. The van der Waals surface area contributed by atoms with E-state index in [1.165, 1.54) is 4.90 Å². The van der Waals surface area contributed by atoms with E-state index in [2.05, 4.69) is 10.2 Å². The van der Waals surface area contributed by atoms with E-state index < -0.39 is 12.0 Å². The maximum Gasteiger partial charge on any atom is 0.338 e. The summed E-state index contributed by atoms with van der Waals surface area (Å²) in [5.74, 6) is 0.232. The van der Waals surface area contributed by atoms with Gasteiger partial charge in [-0.05, 0) is 50.6 Å². The molecule has 0 aliphatic carbocycles. The van der Waals surface area contributed by atoms with E-state index in [0.29, 0.717) is 48.8 Å². The number of rotatable bonds is 7. The van der Waals surface area contributed by atoms with Crippen molar-refractivity contribution in [2.75, 3.05) is 46.9 Å². The topological polar surface area (TPSA) is 91.4 Å². The first-order valence-electron chi connectivity index (χ1n) is 12.9. The average Bonchev–Trinajstić information content (AvgIpc) is 2.91. The second-order valence-corrected chi connectivity index (χ2v) is 9.74. The van der Waals surface area contributed by atoms with E-state index in [1.54, 1.807) is 45.3 Å². The van der Waals surface area contributed by atoms with Crippen LogP contribution in [0.3, 0.4) is 0 Å². The fraction of sp³-hybridized carbons (Fsp3) is 0.414. The summed E-state index contributed by atoms with van der Waals surface area (Å²) in [7, 11) is 3.26. The molecule has 0 aromatic heterocycles. The van der Waals surface area contributed by atoms with Crippen molar-refractivity contribution in [1.82, 2.24) is 20.0 Å². The molecule has 2 aromatic rings. The Hall–Kier alpha value is -3.85. The highest BCUT2D eigenvalue weighted by Gasteiger charge is 2.38. The molecule has 9 heteroatoms. The lowest BCUT2D eigenvalue weighted by Crippen LogP contribution is -2.56. The third-order valence-corrected chi connectivity index (χ3v) is 7.17. The number of ether oxygens (including phenoxy) is 2. The standard InChI is InChI=1S/C29H36N4O5/c1-6-38-28(35)25-24(31(4)29(36)30-26(25)21-9-7-19(2)8-10-21)18-32-15-16-33(20(3)17-32)27(34)22-11-13-23(37-5)14-12-22/h7-14,20,26H,6,15-18H2,1-5H3,(H,30,36)/t20-,26-/m0/s1. The molecule has 38 heavy (non-hydrogen) atoms. The first kappa shape index (κ1) is 27.2. The van der Waals surface area contributed by atoms with Crippen molar-refractivity contribution in [3.8, 4) is 5.75 Å². The van der Waals surface area contributed by atoms with Gasteiger partial charge >= 0.3 is 12.0 Å². The fourth-order valence-corrected chi connectivity index (χ4v) is 5.00. The zero-order valence-corrected chi connectivity index (χ0v) is 22.7. The van der Waals surface area contributed by atoms with Crippen molar-refractivity contribution >= 4 is 17.9 Å². The van der Waals surface area contributed by atoms with Gasteiger partial charge in [0.05, 0.1) is 25.3 Å². The Morgan fingerprint density at radius 1 is 1.05 bits per heavy atom. The van der Waals surface area contributed by atoms with Crippen LogP contribution in [0.2, 0.25) is 0 Å². The predicted molar refractivity (Wildman–Crippen MR) is 144 cm³/mol. The zero-order chi connectivity index (χ0) is 27.4. The minimum Gasteiger partial charge on any atom is -0.497 e. The van der Waals surface area contributed by atoms with Gasteiger partial charge in [0.1, 0.15) is 5.75 Å². The molecular formula is C29H36N4O5. The number of hydrogen-bond donors (Lipinski definition) is 1. The molecule has 0 radical (unpaired) electrons. The van der Waals surface area contributed by atoms with Gasteiger partial charge in [0.25, 0.3) is 5.91 Å².